The summed E-state index contributed by atoms with van der Waals surface area (Å²) in [5.74, 6) is 0.0774. The van der Waals surface area contributed by atoms with E-state index in [0.29, 0.717) is 12.6 Å². The zero-order valence-electron chi connectivity index (χ0n) is 12.7. The van der Waals surface area contributed by atoms with E-state index in [1.807, 2.05) is 25.1 Å². The number of ether oxygens (including phenoxy) is 1. The quantitative estimate of drug-likeness (QED) is 0.905. The van der Waals surface area contributed by atoms with Gasteiger partial charge in [-0.3, -0.25) is 9.69 Å². The lowest BCUT2D eigenvalue weighted by Crippen LogP contribution is -2.35. The smallest absolute Gasteiger partial charge is 0.308 e. The van der Waals surface area contributed by atoms with Crippen LogP contribution in [0.1, 0.15) is 44.7 Å². The predicted molar refractivity (Wildman–Crippen MR) is 80.4 cm³/mol. The molecule has 0 aliphatic carbocycles. The van der Waals surface area contributed by atoms with E-state index in [4.69, 9.17) is 4.74 Å². The number of carboxylic acids is 1. The Bertz CT molecular complexity index is 531. The maximum Gasteiger partial charge on any atom is 0.308 e. The van der Waals surface area contributed by atoms with E-state index >= 15 is 0 Å². The molecule has 2 fully saturated rings. The number of hydrogen-bond acceptors (Lipinski definition) is 3. The van der Waals surface area contributed by atoms with Gasteiger partial charge in [0.1, 0.15) is 5.75 Å². The normalized spacial score (nSPS) is 29.5. The highest BCUT2D eigenvalue weighted by Gasteiger charge is 2.51. The summed E-state index contributed by atoms with van der Waals surface area (Å²) in [5, 5.41) is 9.39. The van der Waals surface area contributed by atoms with Crippen molar-refractivity contribution >= 4 is 5.97 Å². The van der Waals surface area contributed by atoms with Crippen LogP contribution < -0.4 is 4.74 Å². The van der Waals surface area contributed by atoms with Crippen molar-refractivity contribution in [3.05, 3.63) is 29.8 Å². The number of carboxylic acid groups (broad SMARTS) is 1. The van der Waals surface area contributed by atoms with Gasteiger partial charge in [-0.15, -0.1) is 0 Å². The van der Waals surface area contributed by atoms with Gasteiger partial charge in [-0.1, -0.05) is 18.2 Å². The first kappa shape index (κ1) is 14.4. The maximum absolute atomic E-state index is 11.4. The van der Waals surface area contributed by atoms with Crippen LogP contribution in [0.15, 0.2) is 24.3 Å². The first-order valence-electron chi connectivity index (χ1n) is 7.85. The second-order valence-corrected chi connectivity index (χ2v) is 6.07. The van der Waals surface area contributed by atoms with Crippen molar-refractivity contribution in [2.75, 3.05) is 6.61 Å². The van der Waals surface area contributed by atoms with Crippen molar-refractivity contribution in [2.45, 2.75) is 51.2 Å². The van der Waals surface area contributed by atoms with E-state index in [9.17, 15) is 9.90 Å². The van der Waals surface area contributed by atoms with Gasteiger partial charge in [-0.25, -0.2) is 0 Å². The van der Waals surface area contributed by atoms with Crippen LogP contribution in [0.25, 0.3) is 0 Å². The van der Waals surface area contributed by atoms with Crippen molar-refractivity contribution in [3.8, 4) is 5.75 Å². The zero-order chi connectivity index (χ0) is 15.0. The number of fused-ring (bicyclic) bond motifs is 2. The number of carbonyl (C=O) groups is 1. The highest BCUT2D eigenvalue weighted by Crippen LogP contribution is 2.47. The molecule has 4 nitrogen and oxygen atoms in total. The van der Waals surface area contributed by atoms with Crippen LogP contribution in [0, 0.1) is 5.92 Å². The fraction of sp³-hybridized carbons (Fsp3) is 0.588. The molecule has 2 saturated heterocycles. The largest absolute Gasteiger partial charge is 0.494 e. The Morgan fingerprint density at radius 1 is 1.43 bits per heavy atom. The van der Waals surface area contributed by atoms with Crippen molar-refractivity contribution in [1.82, 2.24) is 4.90 Å². The Balaban J connectivity index is 1.86. The Kier molecular flexibility index (Phi) is 3.89. The van der Waals surface area contributed by atoms with Gasteiger partial charge >= 0.3 is 5.97 Å². The number of benzene rings is 1. The van der Waals surface area contributed by atoms with Crippen molar-refractivity contribution in [3.63, 3.8) is 0 Å². The molecule has 2 aliphatic heterocycles. The number of nitrogens with zero attached hydrogens (tertiary/aromatic N) is 1. The minimum atomic E-state index is -0.641. The van der Waals surface area contributed by atoms with Gasteiger partial charge in [-0.2, -0.15) is 0 Å². The summed E-state index contributed by atoms with van der Waals surface area (Å²) >= 11 is 0. The molecule has 21 heavy (non-hydrogen) atoms. The standard InChI is InChI=1S/C17H23NO3/c1-3-21-16-7-5-4-6-13(16)11(2)18-12-8-9-15(18)14(10-12)17(19)20/h4-7,11-12,14-15H,3,8-10H2,1-2H3,(H,19,20). The summed E-state index contributed by atoms with van der Waals surface area (Å²) in [6.07, 6.45) is 2.92. The lowest BCUT2D eigenvalue weighted by atomic mass is 9.89. The fourth-order valence-electron chi connectivity index (χ4n) is 4.17. The summed E-state index contributed by atoms with van der Waals surface area (Å²) in [7, 11) is 0. The van der Waals surface area contributed by atoms with Crippen LogP contribution in [0.4, 0.5) is 0 Å². The van der Waals surface area contributed by atoms with Crippen LogP contribution in [0.5, 0.6) is 5.75 Å². The molecule has 2 aliphatic rings. The van der Waals surface area contributed by atoms with E-state index in [1.165, 1.54) is 5.56 Å². The van der Waals surface area contributed by atoms with E-state index in [0.717, 1.165) is 25.0 Å². The molecule has 4 atom stereocenters. The first-order chi connectivity index (χ1) is 10.1. The molecule has 3 rings (SSSR count). The summed E-state index contributed by atoms with van der Waals surface area (Å²) in [6.45, 7) is 4.81. The van der Waals surface area contributed by atoms with E-state index in [-0.39, 0.29) is 18.0 Å². The van der Waals surface area contributed by atoms with E-state index in [1.54, 1.807) is 0 Å². The average Bonchev–Trinajstić information content (AvgIpc) is 3.05. The Morgan fingerprint density at radius 3 is 2.86 bits per heavy atom. The number of rotatable bonds is 5. The molecule has 1 N–H and O–H groups in total. The molecule has 0 aromatic heterocycles. The lowest BCUT2D eigenvalue weighted by Gasteiger charge is -2.31. The molecular weight excluding hydrogens is 266 g/mol. The van der Waals surface area contributed by atoms with Gasteiger partial charge in [-0.05, 0) is 39.2 Å². The summed E-state index contributed by atoms with van der Waals surface area (Å²) in [4.78, 5) is 13.8. The van der Waals surface area contributed by atoms with Gasteiger partial charge in [0, 0.05) is 23.7 Å². The van der Waals surface area contributed by atoms with E-state index in [2.05, 4.69) is 17.9 Å². The third-order valence-electron chi connectivity index (χ3n) is 5.02. The number of para-hydroxylation sites is 1. The van der Waals surface area contributed by atoms with Crippen LogP contribution in [-0.4, -0.2) is 34.7 Å². The Labute approximate surface area is 125 Å². The van der Waals surface area contributed by atoms with Crippen LogP contribution in [0.2, 0.25) is 0 Å². The van der Waals surface area contributed by atoms with Gasteiger partial charge < -0.3 is 9.84 Å². The highest BCUT2D eigenvalue weighted by molar-refractivity contribution is 5.71. The summed E-state index contributed by atoms with van der Waals surface area (Å²) in [6, 6.07) is 8.90. The van der Waals surface area contributed by atoms with Gasteiger partial charge in [0.15, 0.2) is 0 Å². The molecular formula is C17H23NO3. The molecule has 0 radical (unpaired) electrons. The molecule has 0 saturated carbocycles. The lowest BCUT2D eigenvalue weighted by molar-refractivity contribution is -0.142. The second kappa shape index (κ2) is 5.68. The molecule has 0 amide bonds. The third kappa shape index (κ3) is 2.42. The van der Waals surface area contributed by atoms with Gasteiger partial charge in [0.2, 0.25) is 0 Å². The molecule has 4 heteroatoms. The molecule has 4 unspecified atom stereocenters. The number of hydrogen-bond donors (Lipinski definition) is 1. The van der Waals surface area contributed by atoms with Crippen molar-refractivity contribution in [2.24, 2.45) is 5.92 Å². The van der Waals surface area contributed by atoms with Gasteiger partial charge in [0.25, 0.3) is 0 Å². The maximum atomic E-state index is 11.4. The molecule has 114 valence electrons. The molecule has 2 bridgehead atoms. The molecule has 1 aromatic carbocycles. The van der Waals surface area contributed by atoms with Crippen molar-refractivity contribution < 1.29 is 14.6 Å². The van der Waals surface area contributed by atoms with E-state index < -0.39 is 5.97 Å². The van der Waals surface area contributed by atoms with Crippen LogP contribution in [0.3, 0.4) is 0 Å². The minimum absolute atomic E-state index is 0.178. The zero-order valence-corrected chi connectivity index (χ0v) is 12.7. The first-order valence-corrected chi connectivity index (χ1v) is 7.85. The van der Waals surface area contributed by atoms with Crippen LogP contribution >= 0.6 is 0 Å². The predicted octanol–water partition coefficient (Wildman–Crippen LogP) is 3.08. The van der Waals surface area contributed by atoms with Crippen molar-refractivity contribution in [1.29, 1.82) is 0 Å². The highest BCUT2D eigenvalue weighted by atomic mass is 16.5. The Morgan fingerprint density at radius 2 is 2.19 bits per heavy atom. The summed E-state index contributed by atoms with van der Waals surface area (Å²) < 4.78 is 5.74. The molecule has 0 spiro atoms. The van der Waals surface area contributed by atoms with Crippen LogP contribution in [-0.2, 0) is 4.79 Å². The topological polar surface area (TPSA) is 49.8 Å². The SMILES string of the molecule is CCOc1ccccc1C(C)N1C2CCC1C(C(=O)O)C2. The monoisotopic (exact) mass is 289 g/mol. The summed E-state index contributed by atoms with van der Waals surface area (Å²) in [5.41, 5.74) is 1.17. The fourth-order valence-corrected chi connectivity index (χ4v) is 4.17. The minimum Gasteiger partial charge on any atom is -0.494 e. The molecule has 1 aromatic rings. The third-order valence-corrected chi connectivity index (χ3v) is 5.02. The Hall–Kier alpha value is -1.55. The number of aliphatic carboxylic acids is 1. The van der Waals surface area contributed by atoms with Gasteiger partial charge in [0.05, 0.1) is 12.5 Å². The molecule has 2 heterocycles. The average molecular weight is 289 g/mol. The second-order valence-electron chi connectivity index (χ2n) is 6.07.